The number of pyridine rings is 2. The Morgan fingerprint density at radius 2 is 1.66 bits per heavy atom. The number of imidazole rings is 1. The molecule has 2 fully saturated rings. The summed E-state index contributed by atoms with van der Waals surface area (Å²) in [5, 5.41) is 4.36. The van der Waals surface area contributed by atoms with E-state index in [0.717, 1.165) is 41.7 Å². The molecule has 0 unspecified atom stereocenters. The van der Waals surface area contributed by atoms with Gasteiger partial charge in [0.1, 0.15) is 17.3 Å². The molecular weight excluding hydrogens is 525 g/mol. The number of halogens is 2. The summed E-state index contributed by atoms with van der Waals surface area (Å²) in [7, 11) is 0. The van der Waals surface area contributed by atoms with E-state index in [1.165, 1.54) is 12.8 Å². The first-order valence-electron chi connectivity index (χ1n) is 12.7. The van der Waals surface area contributed by atoms with Gasteiger partial charge in [-0.25, -0.2) is 9.97 Å². The molecule has 6 rings (SSSR count). The fourth-order valence-electron chi connectivity index (χ4n) is 5.09. The predicted octanol–water partition coefficient (Wildman–Crippen LogP) is 3.85. The zero-order valence-electron chi connectivity index (χ0n) is 20.7. The molecule has 196 valence electrons. The Labute approximate surface area is 230 Å². The zero-order chi connectivity index (χ0) is 26.1. The Bertz CT molecular complexity index is 1420. The number of carbonyl (C=O) groups excluding carboxylic acids is 1. The van der Waals surface area contributed by atoms with Crippen LogP contribution in [0.3, 0.4) is 0 Å². The summed E-state index contributed by atoms with van der Waals surface area (Å²) in [6, 6.07) is 4.08. The van der Waals surface area contributed by atoms with Crippen LogP contribution in [0, 0.1) is 0 Å². The summed E-state index contributed by atoms with van der Waals surface area (Å²) >= 11 is 12.6. The van der Waals surface area contributed by atoms with E-state index in [0.29, 0.717) is 41.9 Å². The van der Waals surface area contributed by atoms with Gasteiger partial charge in [0.25, 0.3) is 0 Å². The molecule has 0 bridgehead atoms. The van der Waals surface area contributed by atoms with Gasteiger partial charge in [0.05, 0.1) is 28.5 Å². The number of piperazine rings is 1. The standard InChI is InChI=1S/C26H27Cl2N9O/c27-19-14-30-15-20(28)25(19)36-11-9-35(10-12-36)23(38)17-32-26-24(33-22-16-29-5-8-37(22)26)18-3-4-21(31-13-18)34-6-1-2-7-34/h3-5,8,13-16,32H,1-2,6-7,9-12,17H2. The molecule has 0 radical (unpaired) electrons. The van der Waals surface area contributed by atoms with E-state index >= 15 is 0 Å². The van der Waals surface area contributed by atoms with Crippen molar-refractivity contribution >= 4 is 52.1 Å². The number of hydrogen-bond acceptors (Lipinski definition) is 8. The smallest absolute Gasteiger partial charge is 0.242 e. The van der Waals surface area contributed by atoms with Crippen molar-refractivity contribution in [1.82, 2.24) is 29.2 Å². The highest BCUT2D eigenvalue weighted by atomic mass is 35.5. The van der Waals surface area contributed by atoms with Gasteiger partial charge in [-0.05, 0) is 25.0 Å². The molecule has 1 N–H and O–H groups in total. The average molecular weight is 552 g/mol. The molecule has 4 aromatic rings. The minimum atomic E-state index is 0.00837. The van der Waals surface area contributed by atoms with Gasteiger partial charge in [-0.1, -0.05) is 23.2 Å². The normalized spacial score (nSPS) is 15.9. The molecule has 1 amide bonds. The largest absolute Gasteiger partial charge is 0.365 e. The molecule has 4 aromatic heterocycles. The molecule has 12 heteroatoms. The lowest BCUT2D eigenvalue weighted by Gasteiger charge is -2.36. The summed E-state index contributed by atoms with van der Waals surface area (Å²) in [4.78, 5) is 37.1. The van der Waals surface area contributed by atoms with E-state index in [9.17, 15) is 4.79 Å². The van der Waals surface area contributed by atoms with E-state index < -0.39 is 0 Å². The van der Waals surface area contributed by atoms with Crippen molar-refractivity contribution in [3.05, 3.63) is 59.4 Å². The number of amides is 1. The molecule has 2 aliphatic heterocycles. The lowest BCUT2D eigenvalue weighted by molar-refractivity contribution is -0.129. The second-order valence-electron chi connectivity index (χ2n) is 9.39. The quantitative estimate of drug-likeness (QED) is 0.386. The molecule has 0 aliphatic carbocycles. The van der Waals surface area contributed by atoms with Crippen LogP contribution in [-0.2, 0) is 4.79 Å². The van der Waals surface area contributed by atoms with Gasteiger partial charge >= 0.3 is 0 Å². The number of nitrogens with one attached hydrogen (secondary N) is 1. The summed E-state index contributed by atoms with van der Waals surface area (Å²) in [5.74, 6) is 1.73. The van der Waals surface area contributed by atoms with Gasteiger partial charge < -0.3 is 20.0 Å². The third-order valence-electron chi connectivity index (χ3n) is 7.07. The minimum absolute atomic E-state index is 0.00837. The average Bonchev–Trinajstić information content (AvgIpc) is 3.61. The highest BCUT2D eigenvalue weighted by Gasteiger charge is 2.25. The molecule has 0 saturated carbocycles. The van der Waals surface area contributed by atoms with Crippen LogP contribution in [0.25, 0.3) is 16.9 Å². The molecule has 0 atom stereocenters. The molecule has 2 aliphatic rings. The number of aromatic nitrogens is 5. The summed E-state index contributed by atoms with van der Waals surface area (Å²) in [5.41, 5.74) is 3.08. The number of hydrogen-bond donors (Lipinski definition) is 1. The van der Waals surface area contributed by atoms with E-state index in [4.69, 9.17) is 33.2 Å². The molecule has 2 saturated heterocycles. The first-order chi connectivity index (χ1) is 18.6. The predicted molar refractivity (Wildman–Crippen MR) is 149 cm³/mol. The van der Waals surface area contributed by atoms with Gasteiger partial charge in [0, 0.05) is 75.8 Å². The minimum Gasteiger partial charge on any atom is -0.365 e. The SMILES string of the molecule is O=C(CNc1c(-c2ccc(N3CCCC3)nc2)nc2cnccn12)N1CCN(c2c(Cl)cncc2Cl)CC1. The Morgan fingerprint density at radius 1 is 0.895 bits per heavy atom. The maximum absolute atomic E-state index is 13.2. The summed E-state index contributed by atoms with van der Waals surface area (Å²) in [6.45, 7) is 4.63. The van der Waals surface area contributed by atoms with E-state index in [2.05, 4.69) is 25.1 Å². The van der Waals surface area contributed by atoms with Crippen molar-refractivity contribution in [3.63, 3.8) is 0 Å². The topological polar surface area (TPSA) is 94.8 Å². The van der Waals surface area contributed by atoms with Crippen molar-refractivity contribution in [2.45, 2.75) is 12.8 Å². The number of fused-ring (bicyclic) bond motifs is 1. The van der Waals surface area contributed by atoms with Gasteiger partial charge in [-0.15, -0.1) is 0 Å². The molecule has 38 heavy (non-hydrogen) atoms. The maximum atomic E-state index is 13.2. The van der Waals surface area contributed by atoms with Crippen LogP contribution in [0.5, 0.6) is 0 Å². The Kier molecular flexibility index (Phi) is 6.90. The third-order valence-corrected chi connectivity index (χ3v) is 7.62. The highest BCUT2D eigenvalue weighted by Crippen LogP contribution is 2.33. The Balaban J connectivity index is 1.16. The molecular formula is C26H27Cl2N9O. The number of anilines is 3. The van der Waals surface area contributed by atoms with Crippen LogP contribution in [0.15, 0.2) is 49.3 Å². The van der Waals surface area contributed by atoms with Gasteiger partial charge in [-0.3, -0.25) is 19.2 Å². The number of carbonyl (C=O) groups is 1. The molecule has 6 heterocycles. The third kappa shape index (κ3) is 4.81. The van der Waals surface area contributed by atoms with Gasteiger partial charge in [-0.2, -0.15) is 0 Å². The van der Waals surface area contributed by atoms with Gasteiger partial charge in [0.2, 0.25) is 5.91 Å². The lowest BCUT2D eigenvalue weighted by Crippen LogP contribution is -2.50. The zero-order valence-corrected chi connectivity index (χ0v) is 22.2. The van der Waals surface area contributed by atoms with Crippen LogP contribution in [0.4, 0.5) is 17.3 Å². The van der Waals surface area contributed by atoms with Gasteiger partial charge in [0.15, 0.2) is 5.65 Å². The number of nitrogens with zero attached hydrogens (tertiary/aromatic N) is 8. The monoisotopic (exact) mass is 551 g/mol. The first kappa shape index (κ1) is 24.7. The summed E-state index contributed by atoms with van der Waals surface area (Å²) in [6.07, 6.45) is 12.7. The van der Waals surface area contributed by atoms with Crippen molar-refractivity contribution < 1.29 is 4.79 Å². The molecule has 0 spiro atoms. The highest BCUT2D eigenvalue weighted by molar-refractivity contribution is 6.38. The van der Waals surface area contributed by atoms with E-state index in [-0.39, 0.29) is 12.5 Å². The van der Waals surface area contributed by atoms with E-state index in [1.807, 2.05) is 33.8 Å². The lowest BCUT2D eigenvalue weighted by atomic mass is 10.2. The van der Waals surface area contributed by atoms with Crippen LogP contribution < -0.4 is 15.1 Å². The molecule has 0 aromatic carbocycles. The van der Waals surface area contributed by atoms with Crippen molar-refractivity contribution in [2.24, 2.45) is 0 Å². The second kappa shape index (κ2) is 10.6. The van der Waals surface area contributed by atoms with Crippen molar-refractivity contribution in [1.29, 1.82) is 0 Å². The van der Waals surface area contributed by atoms with E-state index in [1.54, 1.807) is 24.8 Å². The van der Waals surface area contributed by atoms with Crippen LogP contribution in [-0.4, -0.2) is 81.0 Å². The second-order valence-corrected chi connectivity index (χ2v) is 10.2. The first-order valence-corrected chi connectivity index (χ1v) is 13.4. The fourth-order valence-corrected chi connectivity index (χ4v) is 5.70. The van der Waals surface area contributed by atoms with Crippen LogP contribution >= 0.6 is 23.2 Å². The van der Waals surface area contributed by atoms with Crippen LogP contribution in [0.2, 0.25) is 10.0 Å². The molecule has 10 nitrogen and oxygen atoms in total. The van der Waals surface area contributed by atoms with Crippen LogP contribution in [0.1, 0.15) is 12.8 Å². The maximum Gasteiger partial charge on any atom is 0.242 e. The fraction of sp³-hybridized carbons (Fsp3) is 0.346. The van der Waals surface area contributed by atoms with Crippen molar-refractivity contribution in [3.8, 4) is 11.3 Å². The Morgan fingerprint density at radius 3 is 2.37 bits per heavy atom. The number of rotatable bonds is 6. The van der Waals surface area contributed by atoms with Crippen molar-refractivity contribution in [2.75, 3.05) is 60.9 Å². The summed E-state index contributed by atoms with van der Waals surface area (Å²) < 4.78 is 1.91. The Hall–Kier alpha value is -3.63.